The number of hydrogen-bond donors (Lipinski definition) is 2. The number of sulfonamides is 1. The molecule has 9 heteroatoms. The van der Waals surface area contributed by atoms with Gasteiger partial charge in [-0.25, -0.2) is 12.7 Å². The smallest absolute Gasteiger partial charge is 0.242 e. The fourth-order valence-electron chi connectivity index (χ4n) is 1.79. The highest BCUT2D eigenvalue weighted by Gasteiger charge is 2.21. The molecule has 132 valence electrons. The molecule has 1 aromatic rings. The van der Waals surface area contributed by atoms with Crippen molar-refractivity contribution in [1.82, 2.24) is 9.62 Å². The Hall–Kier alpha value is -0.800. The molecule has 0 saturated carbocycles. The highest BCUT2D eigenvalue weighted by Crippen LogP contribution is 2.18. The van der Waals surface area contributed by atoms with Crippen molar-refractivity contribution in [2.45, 2.75) is 23.9 Å². The second-order valence-electron chi connectivity index (χ2n) is 5.00. The highest BCUT2D eigenvalue weighted by atomic mass is 35.5. The normalized spacial score (nSPS) is 12.6. The van der Waals surface area contributed by atoms with Crippen molar-refractivity contribution in [3.63, 3.8) is 0 Å². The van der Waals surface area contributed by atoms with Crippen LogP contribution >= 0.6 is 24.2 Å². The maximum atomic E-state index is 12.3. The third-order valence-electron chi connectivity index (χ3n) is 3.15. The molecule has 0 aliphatic heterocycles. The maximum Gasteiger partial charge on any atom is 0.242 e. The number of hydrogen-bond acceptors (Lipinski definition) is 5. The molecule has 0 aromatic heterocycles. The topological polar surface area (TPSA) is 92.5 Å². The molecular formula is C14H24ClN3O3S2. The van der Waals surface area contributed by atoms with Crippen molar-refractivity contribution >= 4 is 40.1 Å². The number of rotatable bonds is 8. The highest BCUT2D eigenvalue weighted by molar-refractivity contribution is 7.98. The predicted molar refractivity (Wildman–Crippen MR) is 97.4 cm³/mol. The van der Waals surface area contributed by atoms with E-state index in [9.17, 15) is 13.2 Å². The van der Waals surface area contributed by atoms with Crippen LogP contribution in [0.2, 0.25) is 0 Å². The van der Waals surface area contributed by atoms with Crippen LogP contribution in [0.25, 0.3) is 0 Å². The average molecular weight is 382 g/mol. The van der Waals surface area contributed by atoms with Gasteiger partial charge in [0.2, 0.25) is 15.9 Å². The van der Waals surface area contributed by atoms with Crippen molar-refractivity contribution in [2.24, 2.45) is 5.73 Å². The zero-order chi connectivity index (χ0) is 16.8. The zero-order valence-electron chi connectivity index (χ0n) is 13.5. The van der Waals surface area contributed by atoms with Crippen LogP contribution in [0.4, 0.5) is 0 Å². The van der Waals surface area contributed by atoms with E-state index < -0.39 is 16.1 Å². The van der Waals surface area contributed by atoms with Crippen LogP contribution < -0.4 is 11.1 Å². The second kappa shape index (κ2) is 10.1. The van der Waals surface area contributed by atoms with Crippen LogP contribution in [0.1, 0.15) is 12.0 Å². The first-order valence-electron chi connectivity index (χ1n) is 6.83. The number of nitrogens with zero attached hydrogens (tertiary/aromatic N) is 1. The fraction of sp³-hybridized carbons (Fsp3) is 0.500. The Morgan fingerprint density at radius 1 is 1.35 bits per heavy atom. The van der Waals surface area contributed by atoms with Crippen LogP contribution in [0.5, 0.6) is 0 Å². The van der Waals surface area contributed by atoms with Crippen molar-refractivity contribution in [3.05, 3.63) is 29.8 Å². The standard InChI is InChI=1S/C14H23N3O3S2.ClH/c1-17(2)22(19,20)13-7-5-4-6-11(13)10-16-14(18)12(15)8-9-21-3;/h4-7,12H,8-10,15H2,1-3H3,(H,16,18);1H. The van der Waals surface area contributed by atoms with E-state index in [1.807, 2.05) is 6.26 Å². The molecule has 0 bridgehead atoms. The lowest BCUT2D eigenvalue weighted by atomic mass is 10.2. The molecule has 0 heterocycles. The summed E-state index contributed by atoms with van der Waals surface area (Å²) in [5, 5.41) is 2.70. The molecule has 1 aromatic carbocycles. The van der Waals surface area contributed by atoms with E-state index in [1.54, 1.807) is 30.0 Å². The van der Waals surface area contributed by atoms with Gasteiger partial charge in [-0.2, -0.15) is 11.8 Å². The van der Waals surface area contributed by atoms with E-state index in [1.165, 1.54) is 20.2 Å². The first-order chi connectivity index (χ1) is 10.3. The SMILES string of the molecule is CSCCC(N)C(=O)NCc1ccccc1S(=O)(=O)N(C)C.Cl. The zero-order valence-corrected chi connectivity index (χ0v) is 15.9. The molecule has 1 amide bonds. The molecule has 1 atom stereocenters. The van der Waals surface area contributed by atoms with E-state index in [2.05, 4.69) is 5.32 Å². The van der Waals surface area contributed by atoms with Gasteiger partial charge in [0.25, 0.3) is 0 Å². The number of nitrogens with one attached hydrogen (secondary N) is 1. The van der Waals surface area contributed by atoms with Crippen molar-refractivity contribution in [1.29, 1.82) is 0 Å². The Labute approximate surface area is 148 Å². The Bertz CT molecular complexity index is 609. The average Bonchev–Trinajstić information content (AvgIpc) is 2.50. The summed E-state index contributed by atoms with van der Waals surface area (Å²) in [6.07, 6.45) is 2.54. The first-order valence-corrected chi connectivity index (χ1v) is 9.66. The third-order valence-corrected chi connectivity index (χ3v) is 5.71. The summed E-state index contributed by atoms with van der Waals surface area (Å²) in [7, 11) is -0.592. The molecule has 23 heavy (non-hydrogen) atoms. The molecule has 0 aliphatic carbocycles. The molecule has 0 fully saturated rings. The van der Waals surface area contributed by atoms with Crippen molar-refractivity contribution in [3.8, 4) is 0 Å². The summed E-state index contributed by atoms with van der Waals surface area (Å²) < 4.78 is 25.7. The van der Waals surface area contributed by atoms with Crippen LogP contribution in [0.15, 0.2) is 29.2 Å². The summed E-state index contributed by atoms with van der Waals surface area (Å²) in [5.41, 5.74) is 6.33. The number of thioether (sulfide) groups is 1. The van der Waals surface area contributed by atoms with Crippen LogP contribution in [0, 0.1) is 0 Å². The molecule has 3 N–H and O–H groups in total. The molecule has 0 spiro atoms. The van der Waals surface area contributed by atoms with E-state index in [0.29, 0.717) is 12.0 Å². The van der Waals surface area contributed by atoms with Gasteiger partial charge in [-0.05, 0) is 30.1 Å². The van der Waals surface area contributed by atoms with Crippen LogP contribution in [-0.4, -0.2) is 50.8 Å². The molecule has 6 nitrogen and oxygen atoms in total. The van der Waals surface area contributed by atoms with Gasteiger partial charge in [0.1, 0.15) is 0 Å². The molecule has 0 aliphatic rings. The number of carbonyl (C=O) groups is 1. The molecule has 0 saturated heterocycles. The molecule has 0 radical (unpaired) electrons. The minimum absolute atomic E-state index is 0. The molecule has 1 unspecified atom stereocenters. The summed E-state index contributed by atoms with van der Waals surface area (Å²) in [5.74, 6) is 0.534. The Morgan fingerprint density at radius 3 is 2.52 bits per heavy atom. The first kappa shape index (κ1) is 22.2. The third kappa shape index (κ3) is 6.31. The number of amides is 1. The monoisotopic (exact) mass is 381 g/mol. The van der Waals surface area contributed by atoms with E-state index >= 15 is 0 Å². The van der Waals surface area contributed by atoms with E-state index in [0.717, 1.165) is 10.1 Å². The summed E-state index contributed by atoms with van der Waals surface area (Å²) in [6.45, 7) is 0.134. The van der Waals surface area contributed by atoms with Crippen LogP contribution in [-0.2, 0) is 21.4 Å². The number of halogens is 1. The lowest BCUT2D eigenvalue weighted by molar-refractivity contribution is -0.122. The van der Waals surface area contributed by atoms with E-state index in [4.69, 9.17) is 5.73 Å². The van der Waals surface area contributed by atoms with Crippen molar-refractivity contribution < 1.29 is 13.2 Å². The number of benzene rings is 1. The predicted octanol–water partition coefficient (Wildman–Crippen LogP) is 1.06. The van der Waals surface area contributed by atoms with Gasteiger partial charge in [-0.15, -0.1) is 12.4 Å². The number of nitrogens with two attached hydrogens (primary N) is 1. The summed E-state index contributed by atoms with van der Waals surface area (Å²) in [4.78, 5) is 12.1. The largest absolute Gasteiger partial charge is 0.351 e. The van der Waals surface area contributed by atoms with Gasteiger partial charge in [-0.1, -0.05) is 18.2 Å². The molecule has 1 rings (SSSR count). The molecular weight excluding hydrogens is 358 g/mol. The van der Waals surface area contributed by atoms with Gasteiger partial charge >= 0.3 is 0 Å². The Kier molecular flexibility index (Phi) is 9.79. The van der Waals surface area contributed by atoms with Gasteiger partial charge in [0.05, 0.1) is 10.9 Å². The minimum Gasteiger partial charge on any atom is -0.351 e. The van der Waals surface area contributed by atoms with E-state index in [-0.39, 0.29) is 29.8 Å². The fourth-order valence-corrected chi connectivity index (χ4v) is 3.39. The Morgan fingerprint density at radius 2 is 1.96 bits per heavy atom. The van der Waals surface area contributed by atoms with Gasteiger partial charge in [0.15, 0.2) is 0 Å². The maximum absolute atomic E-state index is 12.3. The van der Waals surface area contributed by atoms with Gasteiger partial charge in [0, 0.05) is 20.6 Å². The summed E-state index contributed by atoms with van der Waals surface area (Å²) in [6, 6.07) is 6.04. The lowest BCUT2D eigenvalue weighted by Gasteiger charge is -2.16. The van der Waals surface area contributed by atoms with Crippen LogP contribution in [0.3, 0.4) is 0 Å². The van der Waals surface area contributed by atoms with Gasteiger partial charge < -0.3 is 11.1 Å². The van der Waals surface area contributed by atoms with Crippen molar-refractivity contribution in [2.75, 3.05) is 26.1 Å². The quantitative estimate of drug-likeness (QED) is 0.702. The summed E-state index contributed by atoms with van der Waals surface area (Å²) >= 11 is 1.63. The second-order valence-corrected chi connectivity index (χ2v) is 8.11. The van der Waals surface area contributed by atoms with Gasteiger partial charge in [-0.3, -0.25) is 4.79 Å². The number of carbonyl (C=O) groups excluding carboxylic acids is 1. The Balaban J connectivity index is 0.00000484. The minimum atomic E-state index is -3.54. The lowest BCUT2D eigenvalue weighted by Crippen LogP contribution is -2.40.